The number of nitrogens with zero attached hydrogens (tertiary/aromatic N) is 2. The van der Waals surface area contributed by atoms with Crippen LogP contribution < -0.4 is 5.14 Å². The van der Waals surface area contributed by atoms with Gasteiger partial charge in [0, 0.05) is 5.56 Å². The first-order valence-corrected chi connectivity index (χ1v) is 9.43. The highest BCUT2D eigenvalue weighted by molar-refractivity contribution is 7.89. The molecule has 9 heteroatoms. The Morgan fingerprint density at radius 1 is 1.07 bits per heavy atom. The molecule has 2 N–H and O–H groups in total. The van der Waals surface area contributed by atoms with Crippen LogP contribution >= 0.6 is 0 Å². The fraction of sp³-hybridized carbons (Fsp3) is 0.167. The second-order valence-corrected chi connectivity index (χ2v) is 7.64. The summed E-state index contributed by atoms with van der Waals surface area (Å²) in [4.78, 5) is -0.0678. The Bertz CT molecular complexity index is 1070. The number of halogens is 3. The Morgan fingerprint density at radius 3 is 2.26 bits per heavy atom. The molecule has 0 spiro atoms. The molecule has 0 bridgehead atoms. The third-order valence-corrected chi connectivity index (χ3v) is 5.00. The van der Waals surface area contributed by atoms with Crippen LogP contribution in [0.2, 0.25) is 0 Å². The highest BCUT2D eigenvalue weighted by Gasteiger charge is 2.35. The van der Waals surface area contributed by atoms with Crippen LogP contribution in [0.25, 0.3) is 11.3 Å². The van der Waals surface area contributed by atoms with Crippen LogP contribution in [0.15, 0.2) is 59.5 Å². The van der Waals surface area contributed by atoms with Gasteiger partial charge in [-0.15, -0.1) is 0 Å². The van der Waals surface area contributed by atoms with Gasteiger partial charge in [0.1, 0.15) is 0 Å². The Morgan fingerprint density at radius 2 is 1.70 bits per heavy atom. The van der Waals surface area contributed by atoms with E-state index in [0.717, 1.165) is 11.6 Å². The van der Waals surface area contributed by atoms with E-state index in [2.05, 4.69) is 5.10 Å². The van der Waals surface area contributed by atoms with E-state index in [-0.39, 0.29) is 11.4 Å². The predicted molar refractivity (Wildman–Crippen MR) is 94.3 cm³/mol. The summed E-state index contributed by atoms with van der Waals surface area (Å²) in [6, 6.07) is 13.7. The van der Waals surface area contributed by atoms with Crippen molar-refractivity contribution >= 4 is 10.0 Å². The molecule has 0 aliphatic carbocycles. The molecule has 1 aromatic heterocycles. The lowest BCUT2D eigenvalue weighted by Crippen LogP contribution is -2.12. The zero-order chi connectivity index (χ0) is 19.8. The van der Waals surface area contributed by atoms with Gasteiger partial charge in [-0.25, -0.2) is 13.6 Å². The maximum atomic E-state index is 13.2. The first-order chi connectivity index (χ1) is 12.6. The average Bonchev–Trinajstić information content (AvgIpc) is 2.99. The van der Waals surface area contributed by atoms with Crippen molar-refractivity contribution in [3.63, 3.8) is 0 Å². The standard InChI is InChI=1S/C18H16F3N3O2S/c1-12-4-2-3-5-15(12)16-10-17(18(19,20)21)23-24(16)11-13-6-8-14(9-7-13)27(22,25)26/h2-10H,11H2,1H3,(H2,22,25,26). The summed E-state index contributed by atoms with van der Waals surface area (Å²) in [6.45, 7) is 1.85. The summed E-state index contributed by atoms with van der Waals surface area (Å²) in [7, 11) is -3.84. The molecular formula is C18H16F3N3O2S. The van der Waals surface area contributed by atoms with Crippen LogP contribution in [-0.2, 0) is 22.7 Å². The average molecular weight is 395 g/mol. The molecule has 142 valence electrons. The first kappa shape index (κ1) is 19.1. The zero-order valence-electron chi connectivity index (χ0n) is 14.2. The molecule has 5 nitrogen and oxygen atoms in total. The number of hydrogen-bond donors (Lipinski definition) is 1. The van der Waals surface area contributed by atoms with Crippen molar-refractivity contribution in [1.29, 1.82) is 0 Å². The van der Waals surface area contributed by atoms with Crippen LogP contribution in [0, 0.1) is 6.92 Å². The SMILES string of the molecule is Cc1ccccc1-c1cc(C(F)(F)F)nn1Cc1ccc(S(N)(=O)=O)cc1. The Balaban J connectivity index is 2.04. The highest BCUT2D eigenvalue weighted by atomic mass is 32.2. The van der Waals surface area contributed by atoms with E-state index >= 15 is 0 Å². The van der Waals surface area contributed by atoms with Gasteiger partial charge in [0.25, 0.3) is 0 Å². The number of aromatic nitrogens is 2. The van der Waals surface area contributed by atoms with Crippen molar-refractivity contribution < 1.29 is 21.6 Å². The van der Waals surface area contributed by atoms with Crippen LogP contribution in [0.1, 0.15) is 16.8 Å². The summed E-state index contributed by atoms with van der Waals surface area (Å²) in [5.41, 5.74) is 1.39. The smallest absolute Gasteiger partial charge is 0.260 e. The third kappa shape index (κ3) is 4.20. The summed E-state index contributed by atoms with van der Waals surface area (Å²) in [5, 5.41) is 8.77. The molecule has 0 unspecified atom stereocenters. The fourth-order valence-electron chi connectivity index (χ4n) is 2.71. The number of nitrogens with two attached hydrogens (primary N) is 1. The normalized spacial score (nSPS) is 12.3. The maximum absolute atomic E-state index is 13.2. The second kappa shape index (κ2) is 6.82. The van der Waals surface area contributed by atoms with Gasteiger partial charge < -0.3 is 0 Å². The number of rotatable bonds is 4. The molecule has 0 aliphatic heterocycles. The summed E-state index contributed by atoms with van der Waals surface area (Å²) < 4.78 is 63.4. The molecule has 2 aromatic carbocycles. The van der Waals surface area contributed by atoms with E-state index in [1.165, 1.54) is 28.9 Å². The van der Waals surface area contributed by atoms with Crippen molar-refractivity contribution in [2.45, 2.75) is 24.5 Å². The minimum atomic E-state index is -4.57. The van der Waals surface area contributed by atoms with E-state index < -0.39 is 21.9 Å². The summed E-state index contributed by atoms with van der Waals surface area (Å²) in [6.07, 6.45) is -4.57. The van der Waals surface area contributed by atoms with Crippen LogP contribution in [-0.4, -0.2) is 18.2 Å². The topological polar surface area (TPSA) is 78.0 Å². The van der Waals surface area contributed by atoms with E-state index in [9.17, 15) is 21.6 Å². The molecule has 0 saturated heterocycles. The zero-order valence-corrected chi connectivity index (χ0v) is 15.1. The van der Waals surface area contributed by atoms with Crippen LogP contribution in [0.4, 0.5) is 13.2 Å². The molecule has 3 rings (SSSR count). The summed E-state index contributed by atoms with van der Waals surface area (Å²) in [5.74, 6) is 0. The van der Waals surface area contributed by atoms with Gasteiger partial charge in [-0.2, -0.15) is 18.3 Å². The van der Waals surface area contributed by atoms with Gasteiger partial charge in [0.2, 0.25) is 10.0 Å². The molecule has 27 heavy (non-hydrogen) atoms. The van der Waals surface area contributed by atoms with E-state index in [1.54, 1.807) is 31.2 Å². The van der Waals surface area contributed by atoms with Gasteiger partial charge in [-0.1, -0.05) is 36.4 Å². The molecule has 1 heterocycles. The number of benzene rings is 2. The van der Waals surface area contributed by atoms with Crippen LogP contribution in [0.3, 0.4) is 0 Å². The lowest BCUT2D eigenvalue weighted by Gasteiger charge is -2.10. The largest absolute Gasteiger partial charge is 0.435 e. The third-order valence-electron chi connectivity index (χ3n) is 4.08. The molecule has 0 aliphatic rings. The van der Waals surface area contributed by atoms with E-state index in [1.807, 2.05) is 0 Å². The minimum Gasteiger partial charge on any atom is -0.260 e. The van der Waals surface area contributed by atoms with Crippen molar-refractivity contribution in [3.05, 3.63) is 71.4 Å². The molecule has 0 saturated carbocycles. The number of sulfonamides is 1. The van der Waals surface area contributed by atoms with Gasteiger partial charge in [-0.05, 0) is 36.2 Å². The Kier molecular flexibility index (Phi) is 4.83. The lowest BCUT2D eigenvalue weighted by atomic mass is 10.1. The molecular weight excluding hydrogens is 379 g/mol. The monoisotopic (exact) mass is 395 g/mol. The number of primary sulfonamides is 1. The van der Waals surface area contributed by atoms with Gasteiger partial charge in [0.15, 0.2) is 5.69 Å². The molecule has 3 aromatic rings. The van der Waals surface area contributed by atoms with Gasteiger partial charge in [-0.3, -0.25) is 4.68 Å². The van der Waals surface area contributed by atoms with Crippen LogP contribution in [0.5, 0.6) is 0 Å². The first-order valence-electron chi connectivity index (χ1n) is 7.88. The predicted octanol–water partition coefficient (Wildman–Crippen LogP) is 3.57. The fourth-order valence-corrected chi connectivity index (χ4v) is 3.23. The Hall–Kier alpha value is -2.65. The maximum Gasteiger partial charge on any atom is 0.435 e. The number of alkyl halides is 3. The lowest BCUT2D eigenvalue weighted by molar-refractivity contribution is -0.141. The van der Waals surface area contributed by atoms with Crippen molar-refractivity contribution in [2.75, 3.05) is 0 Å². The van der Waals surface area contributed by atoms with Gasteiger partial charge >= 0.3 is 6.18 Å². The Labute approximate surface area is 154 Å². The minimum absolute atomic E-state index is 0.0463. The highest BCUT2D eigenvalue weighted by Crippen LogP contribution is 2.33. The molecule has 0 radical (unpaired) electrons. The molecule has 0 atom stereocenters. The van der Waals surface area contributed by atoms with E-state index in [0.29, 0.717) is 16.8 Å². The van der Waals surface area contributed by atoms with Crippen molar-refractivity contribution in [2.24, 2.45) is 5.14 Å². The second-order valence-electron chi connectivity index (χ2n) is 6.07. The molecule has 0 fully saturated rings. The number of aryl methyl sites for hydroxylation is 1. The summed E-state index contributed by atoms with van der Waals surface area (Å²) >= 11 is 0. The molecule has 0 amide bonds. The van der Waals surface area contributed by atoms with Crippen molar-refractivity contribution in [3.8, 4) is 11.3 Å². The number of hydrogen-bond acceptors (Lipinski definition) is 3. The van der Waals surface area contributed by atoms with Gasteiger partial charge in [0.05, 0.1) is 17.1 Å². The quantitative estimate of drug-likeness (QED) is 0.734. The van der Waals surface area contributed by atoms with Crippen molar-refractivity contribution in [1.82, 2.24) is 9.78 Å². The van der Waals surface area contributed by atoms with E-state index in [4.69, 9.17) is 5.14 Å².